The average Bonchev–Trinajstić information content (AvgIpc) is 3.10. The molecular formula is C22H29N3O5. The highest BCUT2D eigenvalue weighted by Gasteiger charge is 2.42. The van der Waals surface area contributed by atoms with Crippen LogP contribution < -0.4 is 5.76 Å². The number of hydrogen-bond acceptors (Lipinski definition) is 6. The molecule has 4 heterocycles. The van der Waals surface area contributed by atoms with Crippen LogP contribution in [0.3, 0.4) is 0 Å². The van der Waals surface area contributed by atoms with E-state index in [0.717, 1.165) is 58.6 Å². The molecule has 0 N–H and O–H groups in total. The summed E-state index contributed by atoms with van der Waals surface area (Å²) in [5.74, 6) is -0.527. The molecule has 0 radical (unpaired) electrons. The average molecular weight is 415 g/mol. The molecule has 3 fully saturated rings. The molecule has 0 aliphatic carbocycles. The number of likely N-dealkylation sites (tertiary alicyclic amines) is 1. The summed E-state index contributed by atoms with van der Waals surface area (Å²) in [6, 6.07) is 7.75. The number of carbonyl (C=O) groups is 1. The van der Waals surface area contributed by atoms with E-state index in [1.165, 1.54) is 4.57 Å². The number of benzene rings is 1. The molecule has 1 amide bonds. The third-order valence-electron chi connectivity index (χ3n) is 6.92. The van der Waals surface area contributed by atoms with Crippen molar-refractivity contribution in [2.45, 2.75) is 43.9 Å². The van der Waals surface area contributed by atoms with Crippen molar-refractivity contribution in [2.24, 2.45) is 0 Å². The number of para-hydroxylation sites is 2. The fourth-order valence-corrected chi connectivity index (χ4v) is 5.17. The van der Waals surface area contributed by atoms with Crippen LogP contribution >= 0.6 is 0 Å². The van der Waals surface area contributed by atoms with Gasteiger partial charge in [-0.2, -0.15) is 0 Å². The highest BCUT2D eigenvalue weighted by atomic mass is 16.5. The van der Waals surface area contributed by atoms with Gasteiger partial charge in [0, 0.05) is 38.8 Å². The lowest BCUT2D eigenvalue weighted by Crippen LogP contribution is -2.56. The Kier molecular flexibility index (Phi) is 5.39. The van der Waals surface area contributed by atoms with Crippen LogP contribution in [-0.2, 0) is 20.8 Å². The second-order valence-electron chi connectivity index (χ2n) is 8.63. The minimum atomic E-state index is -0.484. The summed E-state index contributed by atoms with van der Waals surface area (Å²) in [4.78, 5) is 29.5. The zero-order valence-electron chi connectivity index (χ0n) is 17.3. The van der Waals surface area contributed by atoms with E-state index in [0.29, 0.717) is 30.2 Å². The number of carbonyl (C=O) groups excluding carboxylic acids is 1. The standard InChI is InChI=1S/C22H29N3O5/c26-20(16-25-18-3-1-2-4-19(18)30-21(25)27)24-8-6-22(7-9-24)15-17(5-12-29-22)23-10-13-28-14-11-23/h1-4,17H,5-16H2. The smallest absolute Gasteiger partial charge is 0.408 e. The molecule has 1 aromatic carbocycles. The Bertz CT molecular complexity index is 953. The topological polar surface area (TPSA) is 77.2 Å². The molecular weight excluding hydrogens is 386 g/mol. The summed E-state index contributed by atoms with van der Waals surface area (Å²) in [5, 5.41) is 0. The molecule has 1 aromatic heterocycles. The van der Waals surface area contributed by atoms with E-state index < -0.39 is 5.76 Å². The lowest BCUT2D eigenvalue weighted by molar-refractivity contribution is -0.152. The van der Waals surface area contributed by atoms with E-state index in [1.807, 2.05) is 17.0 Å². The summed E-state index contributed by atoms with van der Waals surface area (Å²) < 4.78 is 18.4. The van der Waals surface area contributed by atoms with Gasteiger partial charge in [-0.3, -0.25) is 14.3 Å². The van der Waals surface area contributed by atoms with Crippen molar-refractivity contribution < 1.29 is 18.7 Å². The maximum Gasteiger partial charge on any atom is 0.420 e. The van der Waals surface area contributed by atoms with Gasteiger partial charge in [-0.05, 0) is 37.8 Å². The summed E-state index contributed by atoms with van der Waals surface area (Å²) in [5.41, 5.74) is 1.04. The van der Waals surface area contributed by atoms with Gasteiger partial charge in [-0.25, -0.2) is 4.79 Å². The molecule has 8 nitrogen and oxygen atoms in total. The zero-order chi connectivity index (χ0) is 20.6. The van der Waals surface area contributed by atoms with Crippen molar-refractivity contribution in [3.63, 3.8) is 0 Å². The fourth-order valence-electron chi connectivity index (χ4n) is 5.17. The largest absolute Gasteiger partial charge is 0.420 e. The molecule has 1 spiro atoms. The van der Waals surface area contributed by atoms with Gasteiger partial charge in [0.1, 0.15) is 6.54 Å². The summed E-state index contributed by atoms with van der Waals surface area (Å²) in [6.45, 7) is 5.76. The van der Waals surface area contributed by atoms with Crippen molar-refractivity contribution in [1.29, 1.82) is 0 Å². The Morgan fingerprint density at radius 2 is 1.83 bits per heavy atom. The number of aromatic nitrogens is 1. The minimum Gasteiger partial charge on any atom is -0.408 e. The number of piperidine rings is 1. The number of fused-ring (bicyclic) bond motifs is 1. The number of nitrogens with zero attached hydrogens (tertiary/aromatic N) is 3. The van der Waals surface area contributed by atoms with Crippen LogP contribution in [0.5, 0.6) is 0 Å². The Morgan fingerprint density at radius 1 is 1.07 bits per heavy atom. The van der Waals surface area contributed by atoms with E-state index in [1.54, 1.807) is 12.1 Å². The first kappa shape index (κ1) is 19.8. The fraction of sp³-hybridized carbons (Fsp3) is 0.636. The van der Waals surface area contributed by atoms with Crippen molar-refractivity contribution >= 4 is 17.0 Å². The van der Waals surface area contributed by atoms with E-state index in [2.05, 4.69) is 4.90 Å². The first-order valence-corrected chi connectivity index (χ1v) is 11.0. The van der Waals surface area contributed by atoms with Crippen molar-refractivity contribution in [3.05, 3.63) is 34.8 Å². The molecule has 5 rings (SSSR count). The Balaban J connectivity index is 1.21. The van der Waals surface area contributed by atoms with E-state index in [4.69, 9.17) is 13.9 Å². The molecule has 1 atom stereocenters. The predicted molar refractivity (Wildman–Crippen MR) is 110 cm³/mol. The number of morpholine rings is 1. The van der Waals surface area contributed by atoms with Crippen LogP contribution in [0.2, 0.25) is 0 Å². The number of hydrogen-bond donors (Lipinski definition) is 0. The van der Waals surface area contributed by atoms with Gasteiger partial charge < -0.3 is 18.8 Å². The Labute approximate surface area is 175 Å². The number of amides is 1. The Hall–Kier alpha value is -2.16. The summed E-state index contributed by atoms with van der Waals surface area (Å²) >= 11 is 0. The van der Waals surface area contributed by atoms with Gasteiger partial charge in [0.2, 0.25) is 5.91 Å². The first-order chi connectivity index (χ1) is 14.6. The third-order valence-corrected chi connectivity index (χ3v) is 6.92. The molecule has 1 unspecified atom stereocenters. The van der Waals surface area contributed by atoms with Crippen molar-refractivity contribution in [1.82, 2.24) is 14.4 Å². The monoisotopic (exact) mass is 415 g/mol. The van der Waals surface area contributed by atoms with Gasteiger partial charge in [0.05, 0.1) is 24.3 Å². The van der Waals surface area contributed by atoms with Gasteiger partial charge in [0.25, 0.3) is 0 Å². The maximum absolute atomic E-state index is 12.9. The quantitative estimate of drug-likeness (QED) is 0.756. The normalized spacial score (nSPS) is 25.1. The highest BCUT2D eigenvalue weighted by Crippen LogP contribution is 2.37. The van der Waals surface area contributed by atoms with Gasteiger partial charge in [-0.15, -0.1) is 0 Å². The molecule has 162 valence electrons. The molecule has 3 saturated heterocycles. The lowest BCUT2D eigenvalue weighted by atomic mass is 9.81. The minimum absolute atomic E-state index is 0.0140. The third kappa shape index (κ3) is 3.79. The molecule has 8 heteroatoms. The molecule has 30 heavy (non-hydrogen) atoms. The van der Waals surface area contributed by atoms with Crippen LogP contribution in [0.4, 0.5) is 0 Å². The van der Waals surface area contributed by atoms with Crippen molar-refractivity contribution in [3.8, 4) is 0 Å². The lowest BCUT2D eigenvalue weighted by Gasteiger charge is -2.49. The molecule has 2 aromatic rings. The predicted octanol–water partition coefficient (Wildman–Crippen LogP) is 1.47. The van der Waals surface area contributed by atoms with Crippen LogP contribution in [0.15, 0.2) is 33.5 Å². The van der Waals surface area contributed by atoms with Crippen molar-refractivity contribution in [2.75, 3.05) is 46.0 Å². The Morgan fingerprint density at radius 3 is 2.63 bits per heavy atom. The highest BCUT2D eigenvalue weighted by molar-refractivity contribution is 5.79. The number of rotatable bonds is 3. The summed E-state index contributed by atoms with van der Waals surface area (Å²) in [6.07, 6.45) is 3.79. The maximum atomic E-state index is 12.9. The van der Waals surface area contributed by atoms with Gasteiger partial charge >= 0.3 is 5.76 Å². The van der Waals surface area contributed by atoms with Crippen LogP contribution in [0.25, 0.3) is 11.1 Å². The SMILES string of the molecule is O=C(Cn1c(=O)oc2ccccc21)N1CCC2(CC1)CC(N1CCOCC1)CCO2. The number of ether oxygens (including phenoxy) is 2. The second-order valence-corrected chi connectivity index (χ2v) is 8.63. The van der Waals surface area contributed by atoms with E-state index >= 15 is 0 Å². The molecule has 3 aliphatic rings. The molecule has 0 bridgehead atoms. The van der Waals surface area contributed by atoms with Gasteiger partial charge in [-0.1, -0.05) is 12.1 Å². The molecule has 0 saturated carbocycles. The first-order valence-electron chi connectivity index (χ1n) is 11.0. The second kappa shape index (κ2) is 8.17. The zero-order valence-corrected chi connectivity index (χ0v) is 17.3. The molecule has 3 aliphatic heterocycles. The van der Waals surface area contributed by atoms with Crippen LogP contribution in [0, 0.1) is 0 Å². The number of oxazole rings is 1. The van der Waals surface area contributed by atoms with E-state index in [9.17, 15) is 9.59 Å². The van der Waals surface area contributed by atoms with Crippen LogP contribution in [-0.4, -0.2) is 77.9 Å². The van der Waals surface area contributed by atoms with Gasteiger partial charge in [0.15, 0.2) is 5.58 Å². The van der Waals surface area contributed by atoms with Crippen LogP contribution in [0.1, 0.15) is 25.7 Å². The summed E-state index contributed by atoms with van der Waals surface area (Å²) in [7, 11) is 0. The van der Waals surface area contributed by atoms with E-state index in [-0.39, 0.29) is 18.1 Å².